The fourth-order valence-electron chi connectivity index (χ4n) is 1.81. The molecule has 1 amide bonds. The summed E-state index contributed by atoms with van der Waals surface area (Å²) in [6.45, 7) is 1.60. The van der Waals surface area contributed by atoms with Crippen LogP contribution in [-0.4, -0.2) is 21.9 Å². The van der Waals surface area contributed by atoms with Crippen LogP contribution in [-0.2, 0) is 11.2 Å². The van der Waals surface area contributed by atoms with E-state index in [1.807, 2.05) is 18.2 Å². The number of para-hydroxylation sites is 2. The van der Waals surface area contributed by atoms with Crippen molar-refractivity contribution in [3.8, 4) is 6.07 Å². The van der Waals surface area contributed by atoms with E-state index in [9.17, 15) is 9.59 Å². The van der Waals surface area contributed by atoms with Gasteiger partial charge in [0.25, 0.3) is 5.56 Å². The van der Waals surface area contributed by atoms with Crippen molar-refractivity contribution >= 4 is 16.9 Å². The van der Waals surface area contributed by atoms with E-state index >= 15 is 0 Å². The van der Waals surface area contributed by atoms with E-state index in [-0.39, 0.29) is 24.3 Å². The molecule has 1 atom stereocenters. The zero-order valence-electron chi connectivity index (χ0n) is 11.0. The summed E-state index contributed by atoms with van der Waals surface area (Å²) in [4.78, 5) is 30.4. The molecule has 2 N–H and O–H groups in total. The van der Waals surface area contributed by atoms with Crippen LogP contribution in [0, 0.1) is 11.3 Å². The lowest BCUT2D eigenvalue weighted by Gasteiger charge is -2.06. The quantitative estimate of drug-likeness (QED) is 0.861. The molecule has 1 heterocycles. The van der Waals surface area contributed by atoms with Crippen molar-refractivity contribution in [3.05, 3.63) is 40.3 Å². The first kappa shape index (κ1) is 13.7. The van der Waals surface area contributed by atoms with Gasteiger partial charge in [0.15, 0.2) is 0 Å². The van der Waals surface area contributed by atoms with Crippen LogP contribution >= 0.6 is 0 Å². The molecule has 0 bridgehead atoms. The van der Waals surface area contributed by atoms with Crippen LogP contribution in [0.4, 0.5) is 0 Å². The molecule has 0 saturated carbocycles. The molecule has 0 fully saturated rings. The van der Waals surface area contributed by atoms with Gasteiger partial charge in [0.05, 0.1) is 17.1 Å². The summed E-state index contributed by atoms with van der Waals surface area (Å²) < 4.78 is 0. The number of aromatic nitrogens is 2. The predicted octanol–water partition coefficient (Wildman–Crippen LogP) is 0.884. The normalized spacial score (nSPS) is 11.8. The van der Waals surface area contributed by atoms with Crippen LogP contribution in [0.2, 0.25) is 0 Å². The highest BCUT2D eigenvalue weighted by Crippen LogP contribution is 2.06. The molecule has 1 aromatic carbocycles. The summed E-state index contributed by atoms with van der Waals surface area (Å²) in [6.07, 6.45) is 0.366. The monoisotopic (exact) mass is 270 g/mol. The minimum absolute atomic E-state index is 0.125. The standard InChI is InChI=1S/C14H14N4O2/c1-9(8-15)16-13(19)7-6-12-14(20)18-11-5-3-2-4-10(11)17-12/h2-5,9H,6-7H2,1H3,(H,16,19)(H,18,20). The molecule has 6 heteroatoms. The van der Waals surface area contributed by atoms with Crippen LogP contribution in [0.15, 0.2) is 29.1 Å². The maximum Gasteiger partial charge on any atom is 0.270 e. The van der Waals surface area contributed by atoms with Gasteiger partial charge in [0, 0.05) is 12.8 Å². The molecule has 0 aliphatic rings. The number of nitrogens with one attached hydrogen (secondary N) is 2. The van der Waals surface area contributed by atoms with E-state index in [0.717, 1.165) is 0 Å². The Balaban J connectivity index is 2.10. The van der Waals surface area contributed by atoms with Gasteiger partial charge in [-0.2, -0.15) is 5.26 Å². The fraction of sp³-hybridized carbons (Fsp3) is 0.286. The van der Waals surface area contributed by atoms with Gasteiger partial charge < -0.3 is 10.3 Å². The van der Waals surface area contributed by atoms with Crippen LogP contribution in [0.1, 0.15) is 19.0 Å². The number of aromatic amines is 1. The van der Waals surface area contributed by atoms with Gasteiger partial charge in [0.2, 0.25) is 5.91 Å². The maximum absolute atomic E-state index is 11.8. The van der Waals surface area contributed by atoms with E-state index in [1.165, 1.54) is 0 Å². The second-order valence-corrected chi connectivity index (χ2v) is 4.45. The van der Waals surface area contributed by atoms with E-state index in [4.69, 9.17) is 5.26 Å². The van der Waals surface area contributed by atoms with Crippen molar-refractivity contribution in [2.75, 3.05) is 0 Å². The predicted molar refractivity (Wildman–Crippen MR) is 73.9 cm³/mol. The number of aryl methyl sites for hydroxylation is 1. The molecule has 0 aliphatic carbocycles. The third-order valence-electron chi connectivity index (χ3n) is 2.83. The first-order valence-corrected chi connectivity index (χ1v) is 6.27. The van der Waals surface area contributed by atoms with Crippen molar-refractivity contribution in [2.45, 2.75) is 25.8 Å². The van der Waals surface area contributed by atoms with Crippen molar-refractivity contribution in [2.24, 2.45) is 0 Å². The van der Waals surface area contributed by atoms with Crippen molar-refractivity contribution < 1.29 is 4.79 Å². The largest absolute Gasteiger partial charge is 0.341 e. The number of amides is 1. The lowest BCUT2D eigenvalue weighted by Crippen LogP contribution is -2.32. The molecule has 0 aliphatic heterocycles. The van der Waals surface area contributed by atoms with Gasteiger partial charge >= 0.3 is 0 Å². The second kappa shape index (κ2) is 5.97. The summed E-state index contributed by atoms with van der Waals surface area (Å²) >= 11 is 0. The number of benzene rings is 1. The fourth-order valence-corrected chi connectivity index (χ4v) is 1.81. The van der Waals surface area contributed by atoms with E-state index in [0.29, 0.717) is 16.7 Å². The summed E-state index contributed by atoms with van der Waals surface area (Å²) in [7, 11) is 0. The van der Waals surface area contributed by atoms with E-state index < -0.39 is 6.04 Å². The lowest BCUT2D eigenvalue weighted by molar-refractivity contribution is -0.121. The topological polar surface area (TPSA) is 98.6 Å². The van der Waals surface area contributed by atoms with Gasteiger partial charge in [-0.1, -0.05) is 12.1 Å². The van der Waals surface area contributed by atoms with Crippen LogP contribution in [0.5, 0.6) is 0 Å². The summed E-state index contributed by atoms with van der Waals surface area (Å²) in [5, 5.41) is 11.1. The Hall–Kier alpha value is -2.68. The number of hydrogen-bond donors (Lipinski definition) is 2. The highest BCUT2D eigenvalue weighted by atomic mass is 16.1. The molecule has 20 heavy (non-hydrogen) atoms. The van der Waals surface area contributed by atoms with Gasteiger partial charge in [-0.05, 0) is 19.1 Å². The lowest BCUT2D eigenvalue weighted by atomic mass is 10.2. The SMILES string of the molecule is CC(C#N)NC(=O)CCc1nc2ccccc2[nH]c1=O. The van der Waals surface area contributed by atoms with Gasteiger partial charge in [-0.15, -0.1) is 0 Å². The third kappa shape index (κ3) is 3.20. The Morgan fingerprint density at radius 1 is 1.50 bits per heavy atom. The minimum atomic E-state index is -0.537. The Kier molecular flexibility index (Phi) is 4.11. The Morgan fingerprint density at radius 3 is 3.00 bits per heavy atom. The molecule has 2 rings (SSSR count). The number of carbonyl (C=O) groups is 1. The number of hydrogen-bond acceptors (Lipinski definition) is 4. The van der Waals surface area contributed by atoms with Crippen molar-refractivity contribution in [1.82, 2.24) is 15.3 Å². The minimum Gasteiger partial charge on any atom is -0.341 e. The first-order chi connectivity index (χ1) is 9.60. The third-order valence-corrected chi connectivity index (χ3v) is 2.83. The van der Waals surface area contributed by atoms with E-state index in [1.54, 1.807) is 19.1 Å². The van der Waals surface area contributed by atoms with Crippen LogP contribution < -0.4 is 10.9 Å². The number of H-pyrrole nitrogens is 1. The summed E-state index contributed by atoms with van der Waals surface area (Å²) in [5.41, 5.74) is 1.39. The van der Waals surface area contributed by atoms with Crippen LogP contribution in [0.3, 0.4) is 0 Å². The molecule has 1 unspecified atom stereocenters. The number of fused-ring (bicyclic) bond motifs is 1. The van der Waals surface area contributed by atoms with Gasteiger partial charge in [-0.3, -0.25) is 9.59 Å². The second-order valence-electron chi connectivity index (χ2n) is 4.45. The zero-order valence-corrected chi connectivity index (χ0v) is 11.0. The van der Waals surface area contributed by atoms with Crippen molar-refractivity contribution in [1.29, 1.82) is 5.26 Å². The highest BCUT2D eigenvalue weighted by Gasteiger charge is 2.09. The average molecular weight is 270 g/mol. The van der Waals surface area contributed by atoms with E-state index in [2.05, 4.69) is 15.3 Å². The van der Waals surface area contributed by atoms with Gasteiger partial charge in [-0.25, -0.2) is 4.98 Å². The molecule has 0 radical (unpaired) electrons. The molecule has 6 nitrogen and oxygen atoms in total. The average Bonchev–Trinajstić information content (AvgIpc) is 2.44. The molecular weight excluding hydrogens is 256 g/mol. The molecule has 1 aromatic heterocycles. The smallest absolute Gasteiger partial charge is 0.270 e. The Morgan fingerprint density at radius 2 is 2.25 bits per heavy atom. The Labute approximate surface area is 115 Å². The van der Waals surface area contributed by atoms with Gasteiger partial charge in [0.1, 0.15) is 11.7 Å². The molecule has 0 saturated heterocycles. The molecule has 2 aromatic rings. The number of nitrogens with zero attached hydrogens (tertiary/aromatic N) is 2. The van der Waals surface area contributed by atoms with Crippen molar-refractivity contribution in [3.63, 3.8) is 0 Å². The molecule has 0 spiro atoms. The summed E-state index contributed by atoms with van der Waals surface area (Å²) in [5.74, 6) is -0.270. The Bertz CT molecular complexity index is 730. The molecule has 102 valence electrons. The highest BCUT2D eigenvalue weighted by molar-refractivity contribution is 5.77. The number of nitriles is 1. The number of carbonyl (C=O) groups excluding carboxylic acids is 1. The first-order valence-electron chi connectivity index (χ1n) is 6.27. The molecular formula is C14H14N4O2. The zero-order chi connectivity index (χ0) is 14.5. The maximum atomic E-state index is 11.8. The number of rotatable bonds is 4. The van der Waals surface area contributed by atoms with Crippen LogP contribution in [0.25, 0.3) is 11.0 Å². The summed E-state index contributed by atoms with van der Waals surface area (Å²) in [6, 6.07) is 8.60.